The molecule has 3 nitrogen and oxygen atoms in total. The quantitative estimate of drug-likeness (QED) is 0.772. The maximum atomic E-state index is 12.2. The molecule has 0 aliphatic rings. The highest BCUT2D eigenvalue weighted by Gasteiger charge is 2.08. The van der Waals surface area contributed by atoms with E-state index < -0.39 is 16.0 Å². The van der Waals surface area contributed by atoms with Crippen LogP contribution in [0, 0.1) is 0 Å². The molecule has 0 saturated heterocycles. The Morgan fingerprint density at radius 3 is 2.60 bits per heavy atom. The Labute approximate surface area is 93.0 Å². The third-order valence-corrected chi connectivity index (χ3v) is 2.84. The molecule has 6 heteroatoms. The molecule has 0 spiro atoms. The summed E-state index contributed by atoms with van der Waals surface area (Å²) in [7, 11) is -2.95. The molecule has 0 N–H and O–H groups in total. The standard InChI is InChI=1S/C9H10ClFO3S/c1-14-9-3-2-7(6-8(9)10)4-5-15(11,12)13/h2-3,6H,4-5H2,1H3. The molecule has 0 bridgehead atoms. The summed E-state index contributed by atoms with van der Waals surface area (Å²) in [6.45, 7) is 0. The number of hydrogen-bond donors (Lipinski definition) is 0. The van der Waals surface area contributed by atoms with Gasteiger partial charge in [-0.1, -0.05) is 17.7 Å². The average molecular weight is 253 g/mol. The molecule has 1 rings (SSSR count). The number of benzene rings is 1. The lowest BCUT2D eigenvalue weighted by molar-refractivity contribution is 0.415. The second kappa shape index (κ2) is 4.81. The van der Waals surface area contributed by atoms with E-state index in [1.807, 2.05) is 0 Å². The van der Waals surface area contributed by atoms with Gasteiger partial charge in [0, 0.05) is 0 Å². The van der Waals surface area contributed by atoms with Crippen LogP contribution in [-0.4, -0.2) is 21.3 Å². The second-order valence-electron chi connectivity index (χ2n) is 2.96. The Balaban J connectivity index is 2.76. The zero-order valence-electron chi connectivity index (χ0n) is 8.04. The summed E-state index contributed by atoms with van der Waals surface area (Å²) in [5.41, 5.74) is 0.655. The van der Waals surface area contributed by atoms with E-state index >= 15 is 0 Å². The van der Waals surface area contributed by atoms with Gasteiger partial charge in [0.2, 0.25) is 0 Å². The highest BCUT2D eigenvalue weighted by molar-refractivity contribution is 7.86. The highest BCUT2D eigenvalue weighted by atomic mass is 35.5. The van der Waals surface area contributed by atoms with Crippen LogP contribution in [-0.2, 0) is 16.6 Å². The molecule has 0 fully saturated rings. The number of halogens is 2. The lowest BCUT2D eigenvalue weighted by atomic mass is 10.2. The van der Waals surface area contributed by atoms with Crippen LogP contribution in [0.4, 0.5) is 3.89 Å². The normalized spacial score (nSPS) is 11.4. The van der Waals surface area contributed by atoms with Crippen molar-refractivity contribution < 1.29 is 17.0 Å². The van der Waals surface area contributed by atoms with Crippen LogP contribution in [0.5, 0.6) is 5.75 Å². The summed E-state index contributed by atoms with van der Waals surface area (Å²) in [5.74, 6) is -0.0288. The van der Waals surface area contributed by atoms with Crippen molar-refractivity contribution in [1.82, 2.24) is 0 Å². The number of hydrogen-bond acceptors (Lipinski definition) is 3. The minimum atomic E-state index is -4.43. The largest absolute Gasteiger partial charge is 0.495 e. The molecular formula is C9H10ClFO3S. The molecule has 0 aliphatic carbocycles. The van der Waals surface area contributed by atoms with Crippen LogP contribution in [0.2, 0.25) is 5.02 Å². The first-order valence-electron chi connectivity index (χ1n) is 4.17. The predicted octanol–water partition coefficient (Wildman–Crippen LogP) is 2.19. The molecule has 15 heavy (non-hydrogen) atoms. The summed E-state index contributed by atoms with van der Waals surface area (Å²) >= 11 is 5.81. The van der Waals surface area contributed by atoms with Crippen molar-refractivity contribution in [2.45, 2.75) is 6.42 Å². The van der Waals surface area contributed by atoms with Crippen molar-refractivity contribution in [3.8, 4) is 5.75 Å². The van der Waals surface area contributed by atoms with Crippen LogP contribution in [0.1, 0.15) is 5.56 Å². The van der Waals surface area contributed by atoms with Crippen molar-refractivity contribution in [3.63, 3.8) is 0 Å². The van der Waals surface area contributed by atoms with E-state index in [0.29, 0.717) is 16.3 Å². The second-order valence-corrected chi connectivity index (χ2v) is 4.85. The Morgan fingerprint density at radius 2 is 2.13 bits per heavy atom. The van der Waals surface area contributed by atoms with Crippen LogP contribution < -0.4 is 4.74 Å². The Hall–Kier alpha value is -0.810. The molecule has 1 aromatic carbocycles. The number of ether oxygens (including phenoxy) is 1. The van der Waals surface area contributed by atoms with Gasteiger partial charge < -0.3 is 4.74 Å². The first-order valence-corrected chi connectivity index (χ1v) is 6.10. The molecular weight excluding hydrogens is 243 g/mol. The SMILES string of the molecule is COc1ccc(CCS(=O)(=O)F)cc1Cl. The molecule has 0 amide bonds. The highest BCUT2D eigenvalue weighted by Crippen LogP contribution is 2.25. The van der Waals surface area contributed by atoms with Gasteiger partial charge in [-0.15, -0.1) is 3.89 Å². The van der Waals surface area contributed by atoms with Crippen LogP contribution >= 0.6 is 11.6 Å². The molecule has 0 aliphatic heterocycles. The molecule has 0 atom stereocenters. The number of aryl methyl sites for hydroxylation is 1. The summed E-state index contributed by atoms with van der Waals surface area (Å²) in [6, 6.07) is 4.82. The van der Waals surface area contributed by atoms with Crippen LogP contribution in [0.25, 0.3) is 0 Å². The topological polar surface area (TPSA) is 43.4 Å². The smallest absolute Gasteiger partial charge is 0.302 e. The van der Waals surface area contributed by atoms with Gasteiger partial charge in [0.05, 0.1) is 17.9 Å². The van der Waals surface area contributed by atoms with E-state index in [1.165, 1.54) is 7.11 Å². The lowest BCUT2D eigenvalue weighted by Gasteiger charge is -2.04. The minimum absolute atomic E-state index is 0.0997. The molecule has 0 saturated carbocycles. The van der Waals surface area contributed by atoms with E-state index in [-0.39, 0.29) is 6.42 Å². The van der Waals surface area contributed by atoms with Crippen LogP contribution in [0.15, 0.2) is 18.2 Å². The first-order chi connectivity index (χ1) is 6.92. The van der Waals surface area contributed by atoms with Crippen molar-refractivity contribution in [2.75, 3.05) is 12.9 Å². The summed E-state index contributed by atoms with van der Waals surface area (Å²) < 4.78 is 37.7. The molecule has 0 radical (unpaired) electrons. The monoisotopic (exact) mass is 252 g/mol. The number of methoxy groups -OCH3 is 1. The minimum Gasteiger partial charge on any atom is -0.495 e. The van der Waals surface area contributed by atoms with Crippen molar-refractivity contribution in [2.24, 2.45) is 0 Å². The van der Waals surface area contributed by atoms with Gasteiger partial charge in [-0.05, 0) is 24.1 Å². The number of rotatable bonds is 4. The Bertz CT molecular complexity index is 445. The molecule has 84 valence electrons. The Kier molecular flexibility index (Phi) is 3.93. The predicted molar refractivity (Wildman–Crippen MR) is 56.6 cm³/mol. The van der Waals surface area contributed by atoms with Gasteiger partial charge in [0.1, 0.15) is 5.75 Å². The third-order valence-electron chi connectivity index (χ3n) is 1.85. The van der Waals surface area contributed by atoms with Gasteiger partial charge in [0.25, 0.3) is 0 Å². The van der Waals surface area contributed by atoms with E-state index in [1.54, 1.807) is 18.2 Å². The zero-order chi connectivity index (χ0) is 11.5. The Morgan fingerprint density at radius 1 is 1.47 bits per heavy atom. The third kappa shape index (κ3) is 4.05. The van der Waals surface area contributed by atoms with Gasteiger partial charge in [-0.3, -0.25) is 0 Å². The van der Waals surface area contributed by atoms with E-state index in [9.17, 15) is 12.3 Å². The fourth-order valence-electron chi connectivity index (χ4n) is 1.11. The van der Waals surface area contributed by atoms with Gasteiger partial charge in [-0.25, -0.2) is 0 Å². The maximum absolute atomic E-state index is 12.2. The van der Waals surface area contributed by atoms with Gasteiger partial charge in [-0.2, -0.15) is 8.42 Å². The van der Waals surface area contributed by atoms with Crippen molar-refractivity contribution in [3.05, 3.63) is 28.8 Å². The van der Waals surface area contributed by atoms with Crippen molar-refractivity contribution >= 4 is 21.8 Å². The first kappa shape index (κ1) is 12.3. The molecule has 0 unspecified atom stereocenters. The summed E-state index contributed by atoms with van der Waals surface area (Å²) in [6.07, 6.45) is 0.0997. The summed E-state index contributed by atoms with van der Waals surface area (Å²) in [4.78, 5) is 0. The van der Waals surface area contributed by atoms with Gasteiger partial charge in [0.15, 0.2) is 0 Å². The fourth-order valence-corrected chi connectivity index (χ4v) is 1.86. The van der Waals surface area contributed by atoms with Crippen LogP contribution in [0.3, 0.4) is 0 Å². The molecule has 1 aromatic rings. The fraction of sp³-hybridized carbons (Fsp3) is 0.333. The summed E-state index contributed by atoms with van der Waals surface area (Å²) in [5, 5.41) is 0.381. The maximum Gasteiger partial charge on any atom is 0.302 e. The van der Waals surface area contributed by atoms with Crippen molar-refractivity contribution in [1.29, 1.82) is 0 Å². The van der Waals surface area contributed by atoms with E-state index in [0.717, 1.165) is 0 Å². The van der Waals surface area contributed by atoms with E-state index in [4.69, 9.17) is 16.3 Å². The van der Waals surface area contributed by atoms with Gasteiger partial charge >= 0.3 is 10.2 Å². The lowest BCUT2D eigenvalue weighted by Crippen LogP contribution is -2.02. The zero-order valence-corrected chi connectivity index (χ0v) is 9.61. The average Bonchev–Trinajstić information content (AvgIpc) is 2.14. The molecule has 0 aromatic heterocycles. The molecule has 0 heterocycles. The van der Waals surface area contributed by atoms with E-state index in [2.05, 4.69) is 0 Å².